The van der Waals surface area contributed by atoms with Gasteiger partial charge in [-0.1, -0.05) is 42.0 Å². The molecular weight excluding hydrogens is 328 g/mol. The van der Waals surface area contributed by atoms with Crippen LogP contribution in [0.1, 0.15) is 35.6 Å². The SMILES string of the molecule is Cc1ccc(-c2nnc([C@@H](C)OC(=O)/C=C/c3ccccc3C)o2)cc1. The third-order valence-corrected chi connectivity index (χ3v) is 3.97. The Morgan fingerprint density at radius 3 is 2.54 bits per heavy atom. The first-order valence-electron chi connectivity index (χ1n) is 8.37. The molecule has 26 heavy (non-hydrogen) atoms. The van der Waals surface area contributed by atoms with Crippen molar-refractivity contribution >= 4 is 12.0 Å². The molecule has 1 heterocycles. The lowest BCUT2D eigenvalue weighted by Crippen LogP contribution is -2.06. The van der Waals surface area contributed by atoms with E-state index in [9.17, 15) is 4.79 Å². The molecule has 3 aromatic rings. The van der Waals surface area contributed by atoms with Crippen molar-refractivity contribution in [2.45, 2.75) is 26.9 Å². The van der Waals surface area contributed by atoms with E-state index < -0.39 is 12.1 Å². The summed E-state index contributed by atoms with van der Waals surface area (Å²) >= 11 is 0. The lowest BCUT2D eigenvalue weighted by molar-refractivity contribution is -0.143. The molecule has 0 unspecified atom stereocenters. The molecule has 0 N–H and O–H groups in total. The minimum atomic E-state index is -0.629. The van der Waals surface area contributed by atoms with Crippen LogP contribution < -0.4 is 0 Å². The van der Waals surface area contributed by atoms with Crippen molar-refractivity contribution in [2.24, 2.45) is 0 Å². The Morgan fingerprint density at radius 2 is 1.81 bits per heavy atom. The highest BCUT2D eigenvalue weighted by Crippen LogP contribution is 2.22. The minimum absolute atomic E-state index is 0.262. The van der Waals surface area contributed by atoms with E-state index >= 15 is 0 Å². The lowest BCUT2D eigenvalue weighted by atomic mass is 10.1. The van der Waals surface area contributed by atoms with E-state index in [1.54, 1.807) is 13.0 Å². The standard InChI is InChI=1S/C21H20N2O3/c1-14-8-10-18(11-9-14)21-23-22-20(26-21)16(3)25-19(24)13-12-17-7-5-4-6-15(17)2/h4-13,16H,1-3H3/b13-12+/t16-/m1/s1. The van der Waals surface area contributed by atoms with E-state index in [1.807, 2.05) is 62.4 Å². The highest BCUT2D eigenvalue weighted by Gasteiger charge is 2.18. The van der Waals surface area contributed by atoms with Gasteiger partial charge in [-0.15, -0.1) is 10.2 Å². The first kappa shape index (κ1) is 17.6. The topological polar surface area (TPSA) is 65.2 Å². The second-order valence-corrected chi connectivity index (χ2v) is 6.08. The van der Waals surface area contributed by atoms with Gasteiger partial charge < -0.3 is 9.15 Å². The number of rotatable bonds is 5. The van der Waals surface area contributed by atoms with Crippen LogP contribution in [0.25, 0.3) is 17.5 Å². The van der Waals surface area contributed by atoms with Crippen molar-refractivity contribution < 1.29 is 13.9 Å². The molecule has 132 valence electrons. The van der Waals surface area contributed by atoms with Crippen molar-refractivity contribution in [3.8, 4) is 11.5 Å². The highest BCUT2D eigenvalue weighted by atomic mass is 16.6. The smallest absolute Gasteiger partial charge is 0.331 e. The maximum Gasteiger partial charge on any atom is 0.331 e. The predicted octanol–water partition coefficient (Wildman–Crippen LogP) is 4.67. The number of hydrogen-bond acceptors (Lipinski definition) is 5. The van der Waals surface area contributed by atoms with Gasteiger partial charge in [-0.05, 0) is 50.1 Å². The molecule has 0 saturated heterocycles. The summed E-state index contributed by atoms with van der Waals surface area (Å²) in [5, 5.41) is 8.01. The first-order chi connectivity index (χ1) is 12.5. The number of benzene rings is 2. The summed E-state index contributed by atoms with van der Waals surface area (Å²) in [6, 6.07) is 15.6. The van der Waals surface area contributed by atoms with Crippen LogP contribution in [-0.4, -0.2) is 16.2 Å². The van der Waals surface area contributed by atoms with Crippen LogP contribution in [0.2, 0.25) is 0 Å². The molecule has 0 aliphatic carbocycles. The van der Waals surface area contributed by atoms with Crippen LogP contribution in [0.3, 0.4) is 0 Å². The average Bonchev–Trinajstić information content (AvgIpc) is 3.12. The largest absolute Gasteiger partial charge is 0.449 e. The van der Waals surface area contributed by atoms with E-state index in [-0.39, 0.29) is 5.89 Å². The second-order valence-electron chi connectivity index (χ2n) is 6.08. The molecule has 3 rings (SSSR count). The van der Waals surface area contributed by atoms with Crippen molar-refractivity contribution in [3.63, 3.8) is 0 Å². The molecule has 0 saturated carbocycles. The van der Waals surface area contributed by atoms with Crippen LogP contribution in [0.4, 0.5) is 0 Å². The van der Waals surface area contributed by atoms with Gasteiger partial charge in [0.1, 0.15) is 0 Å². The van der Waals surface area contributed by atoms with Crippen LogP contribution >= 0.6 is 0 Å². The van der Waals surface area contributed by atoms with Gasteiger partial charge in [0.15, 0.2) is 6.10 Å². The molecule has 2 aromatic carbocycles. The summed E-state index contributed by atoms with van der Waals surface area (Å²) in [7, 11) is 0. The minimum Gasteiger partial charge on any atom is -0.449 e. The summed E-state index contributed by atoms with van der Waals surface area (Å²) in [5.74, 6) is 0.201. The average molecular weight is 348 g/mol. The Bertz CT molecular complexity index is 926. The molecule has 1 aromatic heterocycles. The first-order valence-corrected chi connectivity index (χ1v) is 8.37. The zero-order valence-corrected chi connectivity index (χ0v) is 15.0. The number of carbonyl (C=O) groups excluding carboxylic acids is 1. The normalized spacial score (nSPS) is 12.3. The van der Waals surface area contributed by atoms with Gasteiger partial charge in [0.05, 0.1) is 0 Å². The van der Waals surface area contributed by atoms with Gasteiger partial charge in [-0.3, -0.25) is 0 Å². The van der Waals surface area contributed by atoms with Crippen LogP contribution in [0, 0.1) is 13.8 Å². The molecule has 5 nitrogen and oxygen atoms in total. The predicted molar refractivity (Wildman–Crippen MR) is 99.2 cm³/mol. The zero-order chi connectivity index (χ0) is 18.5. The van der Waals surface area contributed by atoms with Gasteiger partial charge >= 0.3 is 5.97 Å². The van der Waals surface area contributed by atoms with E-state index in [0.29, 0.717) is 5.89 Å². The molecule has 0 aliphatic heterocycles. The Hall–Kier alpha value is -3.21. The van der Waals surface area contributed by atoms with Crippen molar-refractivity contribution in [1.82, 2.24) is 10.2 Å². The number of esters is 1. The Kier molecular flexibility index (Phi) is 5.27. The molecule has 1 atom stereocenters. The summed E-state index contributed by atoms with van der Waals surface area (Å²) in [5.41, 5.74) is 4.03. The van der Waals surface area contributed by atoms with Crippen LogP contribution in [0.15, 0.2) is 59.0 Å². The fraction of sp³-hybridized carbons (Fsp3) is 0.190. The fourth-order valence-electron chi connectivity index (χ4n) is 2.41. The molecule has 0 spiro atoms. The van der Waals surface area contributed by atoms with Crippen molar-refractivity contribution in [3.05, 3.63) is 77.2 Å². The zero-order valence-electron chi connectivity index (χ0n) is 15.0. The monoisotopic (exact) mass is 348 g/mol. The molecule has 0 radical (unpaired) electrons. The van der Waals surface area contributed by atoms with Gasteiger partial charge in [-0.2, -0.15) is 0 Å². The maximum absolute atomic E-state index is 12.0. The summed E-state index contributed by atoms with van der Waals surface area (Å²) < 4.78 is 11.0. The molecule has 0 bridgehead atoms. The molecule has 0 fully saturated rings. The van der Waals surface area contributed by atoms with Crippen molar-refractivity contribution in [2.75, 3.05) is 0 Å². The van der Waals surface area contributed by atoms with Gasteiger partial charge in [-0.25, -0.2) is 4.79 Å². The second kappa shape index (κ2) is 7.78. The summed E-state index contributed by atoms with van der Waals surface area (Å²) in [6.45, 7) is 5.69. The Labute approximate surface area is 152 Å². The highest BCUT2D eigenvalue weighted by molar-refractivity contribution is 5.87. The summed E-state index contributed by atoms with van der Waals surface area (Å²) in [4.78, 5) is 12.0. The quantitative estimate of drug-likeness (QED) is 0.495. The molecule has 0 amide bonds. The van der Waals surface area contributed by atoms with Gasteiger partial charge in [0.2, 0.25) is 5.89 Å². The van der Waals surface area contributed by atoms with E-state index in [2.05, 4.69) is 10.2 Å². The van der Waals surface area contributed by atoms with Crippen molar-refractivity contribution in [1.29, 1.82) is 0 Å². The lowest BCUT2D eigenvalue weighted by Gasteiger charge is -2.07. The maximum atomic E-state index is 12.0. The number of aromatic nitrogens is 2. The summed E-state index contributed by atoms with van der Waals surface area (Å²) in [6.07, 6.45) is 2.50. The number of hydrogen-bond donors (Lipinski definition) is 0. The van der Waals surface area contributed by atoms with Crippen LogP contribution in [0.5, 0.6) is 0 Å². The molecule has 0 aliphatic rings. The third-order valence-electron chi connectivity index (χ3n) is 3.97. The number of ether oxygens (including phenoxy) is 1. The number of nitrogens with zero attached hydrogens (tertiary/aromatic N) is 2. The fourth-order valence-corrected chi connectivity index (χ4v) is 2.41. The van der Waals surface area contributed by atoms with Gasteiger partial charge in [0, 0.05) is 11.6 Å². The third kappa shape index (κ3) is 4.25. The van der Waals surface area contributed by atoms with Gasteiger partial charge in [0.25, 0.3) is 5.89 Å². The van der Waals surface area contributed by atoms with E-state index in [4.69, 9.17) is 9.15 Å². The van der Waals surface area contributed by atoms with E-state index in [1.165, 1.54) is 6.08 Å². The Morgan fingerprint density at radius 1 is 1.08 bits per heavy atom. The van der Waals surface area contributed by atoms with Crippen LogP contribution in [-0.2, 0) is 9.53 Å². The Balaban J connectivity index is 1.64. The molecular formula is C21H20N2O3. The number of carbonyl (C=O) groups is 1. The number of aryl methyl sites for hydroxylation is 2. The van der Waals surface area contributed by atoms with E-state index in [0.717, 1.165) is 22.3 Å². The molecule has 5 heteroatoms.